The Morgan fingerprint density at radius 2 is 2.04 bits per heavy atom. The maximum absolute atomic E-state index is 12.6. The Kier molecular flexibility index (Phi) is 5.31. The summed E-state index contributed by atoms with van der Waals surface area (Å²) in [6.45, 7) is 4.88. The molecule has 0 N–H and O–H groups in total. The molecule has 0 saturated carbocycles. The molecule has 25 heavy (non-hydrogen) atoms. The van der Waals surface area contributed by atoms with Crippen LogP contribution >= 0.6 is 0 Å². The molecule has 1 heterocycles. The van der Waals surface area contributed by atoms with Crippen molar-refractivity contribution in [2.45, 2.75) is 39.7 Å². The Hall–Kier alpha value is -2.43. The standard InChI is InChI=1S/C20H24N2O3/c1-14(2)12-22-19(23)17-11-7-6-10-16(17)18(21-22)20(24)25-13-15-8-4-3-5-9-15/h3-4,6-7,10-11,14-15H,5,8-9,12-13H2,1-2H3. The lowest BCUT2D eigenvalue weighted by atomic mass is 9.95. The van der Waals surface area contributed by atoms with E-state index in [-0.39, 0.29) is 17.2 Å². The van der Waals surface area contributed by atoms with Gasteiger partial charge < -0.3 is 4.74 Å². The predicted molar refractivity (Wildman–Crippen MR) is 97.6 cm³/mol. The van der Waals surface area contributed by atoms with Crippen molar-refractivity contribution in [3.05, 3.63) is 52.5 Å². The first-order valence-corrected chi connectivity index (χ1v) is 8.88. The summed E-state index contributed by atoms with van der Waals surface area (Å²) >= 11 is 0. The Labute approximate surface area is 147 Å². The van der Waals surface area contributed by atoms with E-state index in [0.717, 1.165) is 19.3 Å². The lowest BCUT2D eigenvalue weighted by molar-refractivity contribution is 0.0424. The molecule has 1 aliphatic rings. The molecule has 1 atom stereocenters. The molecule has 0 aliphatic heterocycles. The molecule has 0 radical (unpaired) electrons. The normalized spacial score (nSPS) is 17.2. The molecule has 0 bridgehead atoms. The van der Waals surface area contributed by atoms with Gasteiger partial charge in [-0.25, -0.2) is 9.48 Å². The van der Waals surface area contributed by atoms with Gasteiger partial charge in [-0.1, -0.05) is 44.2 Å². The fourth-order valence-corrected chi connectivity index (χ4v) is 3.13. The van der Waals surface area contributed by atoms with Crippen molar-refractivity contribution in [2.75, 3.05) is 6.61 Å². The largest absolute Gasteiger partial charge is 0.461 e. The summed E-state index contributed by atoms with van der Waals surface area (Å²) in [5.74, 6) is 0.161. The van der Waals surface area contributed by atoms with Gasteiger partial charge in [0, 0.05) is 11.9 Å². The maximum Gasteiger partial charge on any atom is 0.359 e. The first-order chi connectivity index (χ1) is 12.1. The molecule has 0 spiro atoms. The van der Waals surface area contributed by atoms with Gasteiger partial charge in [-0.05, 0) is 37.2 Å². The van der Waals surface area contributed by atoms with Gasteiger partial charge in [0.25, 0.3) is 5.56 Å². The van der Waals surface area contributed by atoms with E-state index in [2.05, 4.69) is 17.3 Å². The van der Waals surface area contributed by atoms with Crippen LogP contribution in [-0.4, -0.2) is 22.4 Å². The number of hydrogen-bond acceptors (Lipinski definition) is 4. The van der Waals surface area contributed by atoms with Crippen LogP contribution in [0.5, 0.6) is 0 Å². The summed E-state index contributed by atoms with van der Waals surface area (Å²) < 4.78 is 6.91. The van der Waals surface area contributed by atoms with Crippen LogP contribution < -0.4 is 5.56 Å². The van der Waals surface area contributed by atoms with Crippen LogP contribution in [0.2, 0.25) is 0 Å². The van der Waals surface area contributed by atoms with Gasteiger partial charge in [0.1, 0.15) is 0 Å². The smallest absolute Gasteiger partial charge is 0.359 e. The van der Waals surface area contributed by atoms with E-state index < -0.39 is 5.97 Å². The molecule has 0 fully saturated rings. The first kappa shape index (κ1) is 17.4. The van der Waals surface area contributed by atoms with E-state index in [9.17, 15) is 9.59 Å². The summed E-state index contributed by atoms with van der Waals surface area (Å²) in [6.07, 6.45) is 7.30. The minimum atomic E-state index is -0.455. The van der Waals surface area contributed by atoms with Gasteiger partial charge in [0.2, 0.25) is 0 Å². The lowest BCUT2D eigenvalue weighted by Crippen LogP contribution is -2.28. The zero-order valence-corrected chi connectivity index (χ0v) is 14.8. The first-order valence-electron chi connectivity index (χ1n) is 8.88. The van der Waals surface area contributed by atoms with Gasteiger partial charge >= 0.3 is 5.97 Å². The number of carbonyl (C=O) groups is 1. The molecule has 1 aliphatic carbocycles. The summed E-state index contributed by atoms with van der Waals surface area (Å²) in [6, 6.07) is 7.09. The number of benzene rings is 1. The maximum atomic E-state index is 12.6. The number of esters is 1. The van der Waals surface area contributed by atoms with Crippen LogP contribution in [0.4, 0.5) is 0 Å². The van der Waals surface area contributed by atoms with Crippen molar-refractivity contribution in [1.29, 1.82) is 0 Å². The molecule has 5 heteroatoms. The third-order valence-corrected chi connectivity index (χ3v) is 4.43. The average Bonchev–Trinajstić information content (AvgIpc) is 2.62. The zero-order chi connectivity index (χ0) is 17.8. The molecule has 3 rings (SSSR count). The minimum Gasteiger partial charge on any atom is -0.461 e. The quantitative estimate of drug-likeness (QED) is 0.617. The van der Waals surface area contributed by atoms with Gasteiger partial charge in [0.05, 0.1) is 12.0 Å². The second kappa shape index (κ2) is 7.64. The van der Waals surface area contributed by atoms with Crippen LogP contribution in [0.3, 0.4) is 0 Å². The third-order valence-electron chi connectivity index (χ3n) is 4.43. The fraction of sp³-hybridized carbons (Fsp3) is 0.450. The Bertz CT molecular complexity index is 852. The number of rotatable bonds is 5. The van der Waals surface area contributed by atoms with Crippen molar-refractivity contribution < 1.29 is 9.53 Å². The highest BCUT2D eigenvalue weighted by molar-refractivity contribution is 6.02. The molecule has 1 aromatic carbocycles. The number of hydrogen-bond donors (Lipinski definition) is 0. The van der Waals surface area contributed by atoms with Crippen molar-refractivity contribution in [1.82, 2.24) is 9.78 Å². The Balaban J connectivity index is 1.90. The third kappa shape index (κ3) is 3.98. The van der Waals surface area contributed by atoms with Crippen LogP contribution in [0.15, 0.2) is 41.2 Å². The molecule has 5 nitrogen and oxygen atoms in total. The number of fused-ring (bicyclic) bond motifs is 1. The van der Waals surface area contributed by atoms with E-state index in [4.69, 9.17) is 4.74 Å². The topological polar surface area (TPSA) is 61.2 Å². The Morgan fingerprint density at radius 3 is 2.72 bits per heavy atom. The van der Waals surface area contributed by atoms with Crippen molar-refractivity contribution >= 4 is 16.7 Å². The van der Waals surface area contributed by atoms with E-state index in [1.165, 1.54) is 4.68 Å². The number of carbonyl (C=O) groups excluding carboxylic acids is 1. The zero-order valence-electron chi connectivity index (χ0n) is 14.8. The van der Waals surface area contributed by atoms with E-state index >= 15 is 0 Å². The molecule has 1 aromatic heterocycles. The van der Waals surface area contributed by atoms with Crippen molar-refractivity contribution in [3.8, 4) is 0 Å². The summed E-state index contributed by atoms with van der Waals surface area (Å²) in [4.78, 5) is 25.2. The highest BCUT2D eigenvalue weighted by Crippen LogP contribution is 2.20. The van der Waals surface area contributed by atoms with Crippen molar-refractivity contribution in [2.24, 2.45) is 11.8 Å². The van der Waals surface area contributed by atoms with Crippen LogP contribution in [-0.2, 0) is 11.3 Å². The second-order valence-corrected chi connectivity index (χ2v) is 7.02. The summed E-state index contributed by atoms with van der Waals surface area (Å²) in [5, 5.41) is 5.38. The molecule has 0 amide bonds. The lowest BCUT2D eigenvalue weighted by Gasteiger charge is -2.18. The molecular formula is C20H24N2O3. The van der Waals surface area contributed by atoms with Gasteiger partial charge in [-0.2, -0.15) is 5.10 Å². The van der Waals surface area contributed by atoms with Crippen LogP contribution in [0.25, 0.3) is 10.8 Å². The van der Waals surface area contributed by atoms with Gasteiger partial charge in [-0.3, -0.25) is 4.79 Å². The second-order valence-electron chi connectivity index (χ2n) is 7.02. The van der Waals surface area contributed by atoms with E-state index in [1.54, 1.807) is 24.3 Å². The molecule has 0 saturated heterocycles. The van der Waals surface area contributed by atoms with E-state index in [0.29, 0.717) is 29.8 Å². The van der Waals surface area contributed by atoms with E-state index in [1.807, 2.05) is 13.8 Å². The van der Waals surface area contributed by atoms with Crippen LogP contribution in [0, 0.1) is 11.8 Å². The van der Waals surface area contributed by atoms with Crippen LogP contribution in [0.1, 0.15) is 43.6 Å². The Morgan fingerprint density at radius 1 is 1.28 bits per heavy atom. The summed E-state index contributed by atoms with van der Waals surface area (Å²) in [5.41, 5.74) is 0.0560. The van der Waals surface area contributed by atoms with Gasteiger partial charge in [-0.15, -0.1) is 0 Å². The molecular weight excluding hydrogens is 316 g/mol. The molecule has 1 unspecified atom stereocenters. The number of nitrogens with zero attached hydrogens (tertiary/aromatic N) is 2. The highest BCUT2D eigenvalue weighted by Gasteiger charge is 2.20. The average molecular weight is 340 g/mol. The SMILES string of the molecule is CC(C)Cn1nc(C(=O)OCC2CC=CCC2)c2ccccc2c1=O. The summed E-state index contributed by atoms with van der Waals surface area (Å²) in [7, 11) is 0. The molecule has 132 valence electrons. The van der Waals surface area contributed by atoms with Crippen molar-refractivity contribution in [3.63, 3.8) is 0 Å². The fourth-order valence-electron chi connectivity index (χ4n) is 3.13. The van der Waals surface area contributed by atoms with Gasteiger partial charge in [0.15, 0.2) is 5.69 Å². The highest BCUT2D eigenvalue weighted by atomic mass is 16.5. The number of ether oxygens (including phenoxy) is 1. The molecule has 2 aromatic rings. The number of aromatic nitrogens is 2. The predicted octanol–water partition coefficient (Wildman–Crippen LogP) is 3.57. The minimum absolute atomic E-state index is 0.168. The number of allylic oxidation sites excluding steroid dienone is 2. The monoisotopic (exact) mass is 340 g/mol.